The first kappa shape index (κ1) is 15.6. The number of halogens is 1. The summed E-state index contributed by atoms with van der Waals surface area (Å²) in [6.07, 6.45) is 2.42. The SMILES string of the molecule is CN/C=C(\C=N)NC(=O)c1csc(-c2c(O)cccc2F)n1. The van der Waals surface area contributed by atoms with E-state index in [1.54, 1.807) is 7.05 Å². The van der Waals surface area contributed by atoms with E-state index in [1.807, 2.05) is 0 Å². The Morgan fingerprint density at radius 1 is 1.50 bits per heavy atom. The lowest BCUT2D eigenvalue weighted by Gasteiger charge is -2.03. The minimum Gasteiger partial charge on any atom is -0.507 e. The molecule has 2 rings (SSSR count). The lowest BCUT2D eigenvalue weighted by molar-refractivity contribution is 0.0963. The van der Waals surface area contributed by atoms with Crippen molar-refractivity contribution in [3.63, 3.8) is 0 Å². The number of nitrogens with one attached hydrogen (secondary N) is 3. The Labute approximate surface area is 129 Å². The van der Waals surface area contributed by atoms with E-state index in [9.17, 15) is 14.3 Å². The van der Waals surface area contributed by atoms with Gasteiger partial charge in [-0.05, 0) is 12.1 Å². The fraction of sp³-hybridized carbons (Fsp3) is 0.0714. The van der Waals surface area contributed by atoms with Gasteiger partial charge in [-0.3, -0.25) is 4.79 Å². The fourth-order valence-corrected chi connectivity index (χ4v) is 2.54. The number of phenolic OH excluding ortho intramolecular Hbond substituents is 1. The minimum atomic E-state index is -0.614. The van der Waals surface area contributed by atoms with Gasteiger partial charge in [-0.1, -0.05) is 6.07 Å². The maximum absolute atomic E-state index is 13.8. The first-order valence-electron chi connectivity index (χ1n) is 6.19. The molecule has 4 N–H and O–H groups in total. The number of nitrogens with zero attached hydrogens (tertiary/aromatic N) is 1. The molecule has 0 radical (unpaired) electrons. The van der Waals surface area contributed by atoms with Crippen molar-refractivity contribution in [1.82, 2.24) is 15.6 Å². The van der Waals surface area contributed by atoms with E-state index in [4.69, 9.17) is 5.41 Å². The zero-order chi connectivity index (χ0) is 16.1. The Morgan fingerprint density at radius 2 is 2.27 bits per heavy atom. The number of rotatable bonds is 5. The topological polar surface area (TPSA) is 98.1 Å². The molecule has 22 heavy (non-hydrogen) atoms. The Hall–Kier alpha value is -2.74. The van der Waals surface area contributed by atoms with Gasteiger partial charge in [0.25, 0.3) is 5.91 Å². The highest BCUT2D eigenvalue weighted by Crippen LogP contribution is 2.33. The van der Waals surface area contributed by atoms with Crippen LogP contribution in [-0.4, -0.2) is 29.3 Å². The van der Waals surface area contributed by atoms with Crippen LogP contribution in [0.3, 0.4) is 0 Å². The summed E-state index contributed by atoms with van der Waals surface area (Å²) in [5, 5.41) is 23.7. The molecule has 1 aromatic heterocycles. The molecule has 0 unspecified atom stereocenters. The third kappa shape index (κ3) is 3.29. The van der Waals surface area contributed by atoms with E-state index in [-0.39, 0.29) is 27.7 Å². The molecule has 0 aliphatic heterocycles. The van der Waals surface area contributed by atoms with Gasteiger partial charge < -0.3 is 21.1 Å². The number of hydrogen-bond acceptors (Lipinski definition) is 6. The Balaban J connectivity index is 2.27. The van der Waals surface area contributed by atoms with Crippen molar-refractivity contribution in [2.24, 2.45) is 0 Å². The first-order chi connectivity index (χ1) is 10.6. The van der Waals surface area contributed by atoms with Crippen LogP contribution in [0.2, 0.25) is 0 Å². The zero-order valence-electron chi connectivity index (χ0n) is 11.6. The highest BCUT2D eigenvalue weighted by molar-refractivity contribution is 7.13. The maximum Gasteiger partial charge on any atom is 0.275 e. The normalized spacial score (nSPS) is 11.1. The average molecular weight is 320 g/mol. The number of hydrogen-bond donors (Lipinski definition) is 4. The highest BCUT2D eigenvalue weighted by Gasteiger charge is 2.17. The summed E-state index contributed by atoms with van der Waals surface area (Å²) in [7, 11) is 1.64. The molecule has 1 amide bonds. The molecule has 1 heterocycles. The van der Waals surface area contributed by atoms with Gasteiger partial charge in [0, 0.05) is 24.8 Å². The van der Waals surface area contributed by atoms with Crippen LogP contribution in [-0.2, 0) is 0 Å². The van der Waals surface area contributed by atoms with Crippen molar-refractivity contribution in [2.45, 2.75) is 0 Å². The molecule has 0 aliphatic carbocycles. The second kappa shape index (κ2) is 6.81. The zero-order valence-corrected chi connectivity index (χ0v) is 12.4. The van der Waals surface area contributed by atoms with Crippen molar-refractivity contribution in [2.75, 3.05) is 7.05 Å². The van der Waals surface area contributed by atoms with Gasteiger partial charge in [-0.2, -0.15) is 0 Å². The standard InChI is InChI=1S/C14H13FN4O2S/c1-17-6-8(5-16)18-13(21)10-7-22-14(19-10)12-9(15)3-2-4-11(12)20/h2-7,16-17,20H,1H3,(H,18,21)/b8-6+,16-5?. The van der Waals surface area contributed by atoms with Crippen LogP contribution < -0.4 is 10.6 Å². The summed E-state index contributed by atoms with van der Waals surface area (Å²) in [5.74, 6) is -1.38. The molecule has 1 aromatic carbocycles. The van der Waals surface area contributed by atoms with Gasteiger partial charge in [0.2, 0.25) is 0 Å². The van der Waals surface area contributed by atoms with Crippen LogP contribution in [0.5, 0.6) is 5.75 Å². The molecule has 114 valence electrons. The van der Waals surface area contributed by atoms with Gasteiger partial charge in [0.15, 0.2) is 0 Å². The van der Waals surface area contributed by atoms with Crippen LogP contribution in [0.1, 0.15) is 10.5 Å². The Morgan fingerprint density at radius 3 is 2.91 bits per heavy atom. The van der Waals surface area contributed by atoms with Gasteiger partial charge in [0.1, 0.15) is 22.3 Å². The molecular weight excluding hydrogens is 307 g/mol. The van der Waals surface area contributed by atoms with Gasteiger partial charge in [0.05, 0.1) is 11.3 Å². The minimum absolute atomic E-state index is 0.0374. The van der Waals surface area contributed by atoms with Crippen molar-refractivity contribution in [1.29, 1.82) is 5.41 Å². The number of carbonyl (C=O) groups excluding carboxylic acids is 1. The molecule has 6 nitrogen and oxygen atoms in total. The number of phenols is 1. The highest BCUT2D eigenvalue weighted by atomic mass is 32.1. The lowest BCUT2D eigenvalue weighted by atomic mass is 10.2. The second-order valence-electron chi connectivity index (χ2n) is 4.16. The van der Waals surface area contributed by atoms with Gasteiger partial charge in [-0.25, -0.2) is 9.37 Å². The number of benzene rings is 1. The molecular formula is C14H13FN4O2S. The smallest absolute Gasteiger partial charge is 0.275 e. The van der Waals surface area contributed by atoms with Crippen LogP contribution in [0, 0.1) is 11.2 Å². The summed E-state index contributed by atoms with van der Waals surface area (Å²) in [4.78, 5) is 16.0. The second-order valence-corrected chi connectivity index (χ2v) is 5.02. The van der Waals surface area contributed by atoms with Crippen LogP contribution in [0.15, 0.2) is 35.5 Å². The maximum atomic E-state index is 13.8. The van der Waals surface area contributed by atoms with Crippen LogP contribution in [0.25, 0.3) is 10.6 Å². The van der Waals surface area contributed by atoms with Gasteiger partial charge >= 0.3 is 0 Å². The number of aromatic hydroxyl groups is 1. The third-order valence-corrected chi connectivity index (χ3v) is 3.52. The molecule has 0 aliphatic rings. The molecule has 2 aromatic rings. The van der Waals surface area contributed by atoms with Crippen molar-refractivity contribution < 1.29 is 14.3 Å². The van der Waals surface area contributed by atoms with E-state index in [0.717, 1.165) is 17.6 Å². The predicted molar refractivity (Wildman–Crippen MR) is 82.6 cm³/mol. The number of thiazole rings is 1. The largest absolute Gasteiger partial charge is 0.507 e. The number of allylic oxidation sites excluding steroid dienone is 1. The Bertz CT molecular complexity index is 722. The van der Waals surface area contributed by atoms with Gasteiger partial charge in [-0.15, -0.1) is 11.3 Å². The average Bonchev–Trinajstić information content (AvgIpc) is 2.96. The number of aromatic nitrogens is 1. The van der Waals surface area contributed by atoms with Crippen molar-refractivity contribution in [3.8, 4) is 16.3 Å². The molecule has 0 bridgehead atoms. The molecule has 8 heteroatoms. The molecule has 0 saturated carbocycles. The molecule has 0 atom stereocenters. The molecule has 0 fully saturated rings. The van der Waals surface area contributed by atoms with Crippen molar-refractivity contribution >= 4 is 23.5 Å². The summed E-state index contributed by atoms with van der Waals surface area (Å²) in [5.41, 5.74) is 0.298. The number of amides is 1. The van der Waals surface area contributed by atoms with Crippen LogP contribution in [0.4, 0.5) is 4.39 Å². The summed E-state index contributed by atoms with van der Waals surface area (Å²) >= 11 is 1.04. The number of carbonyl (C=O) groups is 1. The van der Waals surface area contributed by atoms with E-state index in [0.29, 0.717) is 0 Å². The van der Waals surface area contributed by atoms with E-state index >= 15 is 0 Å². The summed E-state index contributed by atoms with van der Waals surface area (Å²) < 4.78 is 13.8. The summed E-state index contributed by atoms with van der Waals surface area (Å²) in [6, 6.07) is 3.94. The molecule has 0 spiro atoms. The lowest BCUT2D eigenvalue weighted by Crippen LogP contribution is -2.24. The van der Waals surface area contributed by atoms with E-state index in [2.05, 4.69) is 15.6 Å². The Kier molecular flexibility index (Phi) is 4.84. The summed E-state index contributed by atoms with van der Waals surface area (Å²) in [6.45, 7) is 0. The predicted octanol–water partition coefficient (Wildman–Crippen LogP) is 2.09. The van der Waals surface area contributed by atoms with Crippen LogP contribution >= 0.6 is 11.3 Å². The first-order valence-corrected chi connectivity index (χ1v) is 7.07. The van der Waals surface area contributed by atoms with E-state index < -0.39 is 11.7 Å². The van der Waals surface area contributed by atoms with E-state index in [1.165, 1.54) is 29.8 Å². The fourth-order valence-electron chi connectivity index (χ4n) is 1.68. The third-order valence-electron chi connectivity index (χ3n) is 2.66. The monoisotopic (exact) mass is 320 g/mol. The molecule has 0 saturated heterocycles. The van der Waals surface area contributed by atoms with Crippen molar-refractivity contribution in [3.05, 3.63) is 47.0 Å². The quantitative estimate of drug-likeness (QED) is 0.634.